The van der Waals surface area contributed by atoms with Crippen LogP contribution in [0.15, 0.2) is 12.3 Å². The van der Waals surface area contributed by atoms with Crippen molar-refractivity contribution in [2.24, 2.45) is 13.0 Å². The van der Waals surface area contributed by atoms with Gasteiger partial charge in [0, 0.05) is 13.2 Å². The van der Waals surface area contributed by atoms with E-state index >= 15 is 0 Å². The number of nitrogens with zero attached hydrogens (tertiary/aromatic N) is 2. The van der Waals surface area contributed by atoms with Crippen LogP contribution in [-0.2, 0) is 7.05 Å². The predicted octanol–water partition coefficient (Wildman–Crippen LogP) is 2.67. The number of aromatic nitrogens is 2. The van der Waals surface area contributed by atoms with Crippen LogP contribution in [0.3, 0.4) is 0 Å². The van der Waals surface area contributed by atoms with Crippen molar-refractivity contribution in [1.82, 2.24) is 9.78 Å². The lowest BCUT2D eigenvalue weighted by atomic mass is 9.90. The lowest BCUT2D eigenvalue weighted by Gasteiger charge is -2.22. The monoisotopic (exact) mass is 210 g/mol. The molecule has 1 aromatic rings. The Bertz CT molecular complexity index is 277. The molecule has 0 radical (unpaired) electrons. The van der Waals surface area contributed by atoms with E-state index in [-0.39, 0.29) is 6.10 Å². The molecule has 1 N–H and O–H groups in total. The summed E-state index contributed by atoms with van der Waals surface area (Å²) in [5, 5.41) is 14.3. The van der Waals surface area contributed by atoms with E-state index in [0.29, 0.717) is 5.92 Å². The first-order valence-corrected chi connectivity index (χ1v) is 5.86. The molecule has 15 heavy (non-hydrogen) atoms. The van der Waals surface area contributed by atoms with Gasteiger partial charge in [-0.05, 0) is 24.8 Å². The molecule has 0 aliphatic heterocycles. The van der Waals surface area contributed by atoms with Gasteiger partial charge in [0.1, 0.15) is 0 Å². The van der Waals surface area contributed by atoms with Crippen LogP contribution in [0.5, 0.6) is 0 Å². The molecular weight excluding hydrogens is 188 g/mol. The molecule has 1 aromatic heterocycles. The second kappa shape index (κ2) is 5.91. The number of aliphatic hydroxyl groups excluding tert-OH is 1. The van der Waals surface area contributed by atoms with Crippen LogP contribution < -0.4 is 0 Å². The maximum atomic E-state index is 10.3. The quantitative estimate of drug-likeness (QED) is 0.784. The molecule has 1 rings (SSSR count). The van der Waals surface area contributed by atoms with Gasteiger partial charge >= 0.3 is 0 Å². The summed E-state index contributed by atoms with van der Waals surface area (Å²) in [5.74, 6) is 0.371. The van der Waals surface area contributed by atoms with E-state index in [9.17, 15) is 5.11 Å². The second-order valence-electron chi connectivity index (χ2n) is 4.16. The topological polar surface area (TPSA) is 38.1 Å². The molecule has 0 amide bonds. The van der Waals surface area contributed by atoms with Crippen LogP contribution in [-0.4, -0.2) is 14.9 Å². The Morgan fingerprint density at radius 1 is 1.33 bits per heavy atom. The molecule has 0 saturated heterocycles. The summed E-state index contributed by atoms with van der Waals surface area (Å²) < 4.78 is 1.77. The summed E-state index contributed by atoms with van der Waals surface area (Å²) in [5.41, 5.74) is 0.932. The van der Waals surface area contributed by atoms with Crippen molar-refractivity contribution in [3.05, 3.63) is 18.0 Å². The standard InChI is InChI=1S/C12H22N2O/c1-4-6-10(7-5-2)12(15)11-8-9-13-14(11)3/h8-10,12,15H,4-7H2,1-3H3. The van der Waals surface area contributed by atoms with Crippen molar-refractivity contribution in [3.8, 4) is 0 Å². The highest BCUT2D eigenvalue weighted by molar-refractivity contribution is 5.05. The predicted molar refractivity (Wildman–Crippen MR) is 61.5 cm³/mol. The van der Waals surface area contributed by atoms with Gasteiger partial charge in [-0.3, -0.25) is 4.68 Å². The number of hydrogen-bond acceptors (Lipinski definition) is 2. The minimum Gasteiger partial charge on any atom is -0.387 e. The molecule has 0 aliphatic rings. The van der Waals surface area contributed by atoms with Crippen molar-refractivity contribution in [1.29, 1.82) is 0 Å². The van der Waals surface area contributed by atoms with Crippen molar-refractivity contribution in [2.75, 3.05) is 0 Å². The number of hydrogen-bond donors (Lipinski definition) is 1. The molecule has 86 valence electrons. The number of aliphatic hydroxyl groups is 1. The summed E-state index contributed by atoms with van der Waals surface area (Å²) in [6, 6.07) is 1.91. The summed E-state index contributed by atoms with van der Waals surface area (Å²) in [6.45, 7) is 4.33. The second-order valence-corrected chi connectivity index (χ2v) is 4.16. The van der Waals surface area contributed by atoms with E-state index in [4.69, 9.17) is 0 Å². The SMILES string of the molecule is CCCC(CCC)C(O)c1ccnn1C. The molecule has 1 heterocycles. The highest BCUT2D eigenvalue weighted by atomic mass is 16.3. The van der Waals surface area contributed by atoms with E-state index in [1.807, 2.05) is 13.1 Å². The highest BCUT2D eigenvalue weighted by Crippen LogP contribution is 2.28. The molecule has 0 fully saturated rings. The molecule has 0 aliphatic carbocycles. The Morgan fingerprint density at radius 3 is 2.33 bits per heavy atom. The molecule has 3 nitrogen and oxygen atoms in total. The maximum Gasteiger partial charge on any atom is 0.0984 e. The third-order valence-electron chi connectivity index (χ3n) is 2.93. The highest BCUT2D eigenvalue weighted by Gasteiger charge is 2.21. The Morgan fingerprint density at radius 2 is 1.93 bits per heavy atom. The van der Waals surface area contributed by atoms with Gasteiger partial charge in [0.05, 0.1) is 11.8 Å². The van der Waals surface area contributed by atoms with E-state index < -0.39 is 0 Å². The van der Waals surface area contributed by atoms with Crippen LogP contribution in [0.2, 0.25) is 0 Å². The molecule has 1 unspecified atom stereocenters. The normalized spacial score (nSPS) is 13.4. The Balaban J connectivity index is 2.71. The van der Waals surface area contributed by atoms with E-state index in [0.717, 1.165) is 31.4 Å². The summed E-state index contributed by atoms with van der Waals surface area (Å²) in [6.07, 6.45) is 5.80. The fourth-order valence-corrected chi connectivity index (χ4v) is 2.12. The maximum absolute atomic E-state index is 10.3. The van der Waals surface area contributed by atoms with Crippen LogP contribution in [0.25, 0.3) is 0 Å². The first-order valence-electron chi connectivity index (χ1n) is 5.86. The van der Waals surface area contributed by atoms with Gasteiger partial charge in [-0.25, -0.2) is 0 Å². The molecule has 0 saturated carbocycles. The van der Waals surface area contributed by atoms with Crippen molar-refractivity contribution in [3.63, 3.8) is 0 Å². The zero-order chi connectivity index (χ0) is 11.3. The minimum absolute atomic E-state index is 0.364. The Hall–Kier alpha value is -0.830. The van der Waals surface area contributed by atoms with Gasteiger partial charge in [0.2, 0.25) is 0 Å². The Labute approximate surface area is 92.1 Å². The first-order chi connectivity index (χ1) is 7.20. The largest absolute Gasteiger partial charge is 0.387 e. The zero-order valence-corrected chi connectivity index (χ0v) is 9.98. The molecular formula is C12H22N2O. The van der Waals surface area contributed by atoms with Crippen molar-refractivity contribution >= 4 is 0 Å². The van der Waals surface area contributed by atoms with E-state index in [1.54, 1.807) is 10.9 Å². The zero-order valence-electron chi connectivity index (χ0n) is 9.98. The number of aryl methyl sites for hydroxylation is 1. The summed E-state index contributed by atoms with van der Waals surface area (Å²) in [7, 11) is 1.88. The lowest BCUT2D eigenvalue weighted by molar-refractivity contribution is 0.0888. The lowest BCUT2D eigenvalue weighted by Crippen LogP contribution is -2.15. The third kappa shape index (κ3) is 3.06. The van der Waals surface area contributed by atoms with Gasteiger partial charge in [-0.15, -0.1) is 0 Å². The van der Waals surface area contributed by atoms with Crippen LogP contribution >= 0.6 is 0 Å². The van der Waals surface area contributed by atoms with Gasteiger partial charge in [-0.1, -0.05) is 26.7 Å². The summed E-state index contributed by atoms with van der Waals surface area (Å²) in [4.78, 5) is 0. The van der Waals surface area contributed by atoms with E-state index in [2.05, 4.69) is 18.9 Å². The van der Waals surface area contributed by atoms with Crippen LogP contribution in [0.1, 0.15) is 51.3 Å². The average molecular weight is 210 g/mol. The van der Waals surface area contributed by atoms with Gasteiger partial charge in [0.25, 0.3) is 0 Å². The molecule has 1 atom stereocenters. The fourth-order valence-electron chi connectivity index (χ4n) is 2.12. The van der Waals surface area contributed by atoms with Crippen molar-refractivity contribution in [2.45, 2.75) is 45.6 Å². The first kappa shape index (κ1) is 12.2. The smallest absolute Gasteiger partial charge is 0.0984 e. The fraction of sp³-hybridized carbons (Fsp3) is 0.750. The molecule has 0 bridgehead atoms. The summed E-state index contributed by atoms with van der Waals surface area (Å²) >= 11 is 0. The van der Waals surface area contributed by atoms with Crippen LogP contribution in [0.4, 0.5) is 0 Å². The third-order valence-corrected chi connectivity index (χ3v) is 2.93. The molecule has 0 spiro atoms. The van der Waals surface area contributed by atoms with Crippen LogP contribution in [0, 0.1) is 5.92 Å². The molecule has 3 heteroatoms. The van der Waals surface area contributed by atoms with Crippen molar-refractivity contribution < 1.29 is 5.11 Å². The molecule has 0 aromatic carbocycles. The number of rotatable bonds is 6. The minimum atomic E-state index is -0.364. The van der Waals surface area contributed by atoms with Gasteiger partial charge in [0.15, 0.2) is 0 Å². The van der Waals surface area contributed by atoms with E-state index in [1.165, 1.54) is 0 Å². The van der Waals surface area contributed by atoms with Gasteiger partial charge in [-0.2, -0.15) is 5.10 Å². The average Bonchev–Trinajstić information content (AvgIpc) is 2.63. The Kier molecular flexibility index (Phi) is 4.82. The van der Waals surface area contributed by atoms with Gasteiger partial charge < -0.3 is 5.11 Å².